The number of amides is 1. The van der Waals surface area contributed by atoms with Gasteiger partial charge in [-0.3, -0.25) is 4.79 Å². The molecule has 0 saturated heterocycles. The van der Waals surface area contributed by atoms with Gasteiger partial charge in [0.2, 0.25) is 10.0 Å². The second-order valence-corrected chi connectivity index (χ2v) is 9.08. The van der Waals surface area contributed by atoms with E-state index >= 15 is 0 Å². The molecule has 1 aromatic heterocycles. The molecule has 33 heavy (non-hydrogen) atoms. The molecule has 0 fully saturated rings. The van der Waals surface area contributed by atoms with Crippen molar-refractivity contribution in [3.05, 3.63) is 96.3 Å². The summed E-state index contributed by atoms with van der Waals surface area (Å²) in [6, 6.07) is 22.4. The van der Waals surface area contributed by atoms with Gasteiger partial charge in [0.15, 0.2) is 5.82 Å². The van der Waals surface area contributed by atoms with Gasteiger partial charge in [-0.2, -0.15) is 0 Å². The minimum absolute atomic E-state index is 0.0240. The van der Waals surface area contributed by atoms with Crippen LogP contribution in [0.5, 0.6) is 0 Å². The molecule has 0 spiro atoms. The van der Waals surface area contributed by atoms with E-state index in [1.165, 1.54) is 12.1 Å². The van der Waals surface area contributed by atoms with Gasteiger partial charge in [-0.1, -0.05) is 48.5 Å². The highest BCUT2D eigenvalue weighted by Crippen LogP contribution is 2.21. The summed E-state index contributed by atoms with van der Waals surface area (Å²) in [4.78, 5) is 12.9. The van der Waals surface area contributed by atoms with Crippen molar-refractivity contribution in [2.24, 2.45) is 0 Å². The first-order valence-electron chi connectivity index (χ1n) is 10.4. The van der Waals surface area contributed by atoms with Crippen molar-refractivity contribution in [3.8, 4) is 11.4 Å². The highest BCUT2D eigenvalue weighted by Gasteiger charge is 2.17. The van der Waals surface area contributed by atoms with Gasteiger partial charge in [-0.15, -0.1) is 10.2 Å². The SMILES string of the molecule is CCn1cnnc1-c1cccc(NC(=O)c2cccc(S(=O)(=O)NCc3ccccc3)c2)c1. The molecule has 9 heteroatoms. The topological polar surface area (TPSA) is 106 Å². The molecule has 0 radical (unpaired) electrons. The first kappa shape index (κ1) is 22.4. The maximum Gasteiger partial charge on any atom is 0.255 e. The average molecular weight is 462 g/mol. The number of sulfonamides is 1. The van der Waals surface area contributed by atoms with E-state index in [1.54, 1.807) is 30.6 Å². The quantitative estimate of drug-likeness (QED) is 0.416. The number of nitrogens with one attached hydrogen (secondary N) is 2. The summed E-state index contributed by atoms with van der Waals surface area (Å²) in [5, 5.41) is 10.9. The molecular formula is C24H23N5O3S. The van der Waals surface area contributed by atoms with E-state index in [0.29, 0.717) is 11.5 Å². The Morgan fingerprint density at radius 1 is 0.970 bits per heavy atom. The molecule has 8 nitrogen and oxygen atoms in total. The molecule has 4 rings (SSSR count). The highest BCUT2D eigenvalue weighted by atomic mass is 32.2. The summed E-state index contributed by atoms with van der Waals surface area (Å²) < 4.78 is 29.9. The van der Waals surface area contributed by atoms with Crippen molar-refractivity contribution in [2.75, 3.05) is 5.32 Å². The van der Waals surface area contributed by atoms with Crippen LogP contribution < -0.4 is 10.0 Å². The van der Waals surface area contributed by atoms with E-state index in [-0.39, 0.29) is 17.0 Å². The Morgan fingerprint density at radius 2 is 1.76 bits per heavy atom. The Bertz CT molecular complexity index is 1370. The van der Waals surface area contributed by atoms with Crippen LogP contribution in [0.1, 0.15) is 22.8 Å². The molecule has 2 N–H and O–H groups in total. The number of aryl methyl sites for hydroxylation is 1. The predicted octanol–water partition coefficient (Wildman–Crippen LogP) is 3.70. The zero-order valence-electron chi connectivity index (χ0n) is 18.0. The summed E-state index contributed by atoms with van der Waals surface area (Å²) in [5.74, 6) is 0.287. The molecule has 1 amide bonds. The molecule has 4 aromatic rings. The number of rotatable bonds is 8. The van der Waals surface area contributed by atoms with Gasteiger partial charge in [-0.05, 0) is 42.8 Å². The molecule has 0 bridgehead atoms. The normalized spacial score (nSPS) is 11.3. The Morgan fingerprint density at radius 3 is 2.55 bits per heavy atom. The number of carbonyl (C=O) groups excluding carboxylic acids is 1. The summed E-state index contributed by atoms with van der Waals surface area (Å²) >= 11 is 0. The van der Waals surface area contributed by atoms with E-state index in [2.05, 4.69) is 20.2 Å². The number of benzene rings is 3. The second-order valence-electron chi connectivity index (χ2n) is 7.31. The highest BCUT2D eigenvalue weighted by molar-refractivity contribution is 7.89. The summed E-state index contributed by atoms with van der Waals surface area (Å²) in [6.07, 6.45) is 1.65. The zero-order chi connectivity index (χ0) is 23.3. The number of hydrogen-bond acceptors (Lipinski definition) is 5. The third-order valence-corrected chi connectivity index (χ3v) is 6.45. The first-order chi connectivity index (χ1) is 16.0. The molecule has 1 heterocycles. The van der Waals surface area contributed by atoms with Gasteiger partial charge in [0, 0.05) is 29.9 Å². The molecule has 3 aromatic carbocycles. The lowest BCUT2D eigenvalue weighted by Crippen LogP contribution is -2.23. The van der Waals surface area contributed by atoms with Crippen LogP contribution in [0.2, 0.25) is 0 Å². The molecule has 0 aliphatic carbocycles. The van der Waals surface area contributed by atoms with E-state index in [1.807, 2.05) is 54.0 Å². The Kier molecular flexibility index (Phi) is 6.62. The van der Waals surface area contributed by atoms with Gasteiger partial charge in [0.25, 0.3) is 5.91 Å². The van der Waals surface area contributed by atoms with Crippen LogP contribution >= 0.6 is 0 Å². The van der Waals surface area contributed by atoms with Gasteiger partial charge in [-0.25, -0.2) is 13.1 Å². The van der Waals surface area contributed by atoms with Crippen LogP contribution in [-0.4, -0.2) is 29.1 Å². The first-order valence-corrected chi connectivity index (χ1v) is 11.9. The van der Waals surface area contributed by atoms with E-state index in [4.69, 9.17) is 0 Å². The van der Waals surface area contributed by atoms with E-state index in [9.17, 15) is 13.2 Å². The van der Waals surface area contributed by atoms with E-state index < -0.39 is 15.9 Å². The predicted molar refractivity (Wildman–Crippen MR) is 126 cm³/mol. The van der Waals surface area contributed by atoms with Crippen molar-refractivity contribution < 1.29 is 13.2 Å². The lowest BCUT2D eigenvalue weighted by molar-refractivity contribution is 0.102. The number of nitrogens with zero attached hydrogens (tertiary/aromatic N) is 3. The smallest absolute Gasteiger partial charge is 0.255 e. The Balaban J connectivity index is 1.50. The Labute approximate surface area is 192 Å². The Hall–Kier alpha value is -3.82. The fourth-order valence-corrected chi connectivity index (χ4v) is 4.37. The van der Waals surface area contributed by atoms with Crippen LogP contribution in [0.25, 0.3) is 11.4 Å². The average Bonchev–Trinajstić information content (AvgIpc) is 3.33. The van der Waals surface area contributed by atoms with E-state index in [0.717, 1.165) is 17.7 Å². The second kappa shape index (κ2) is 9.76. The zero-order valence-corrected chi connectivity index (χ0v) is 18.8. The fraction of sp³-hybridized carbons (Fsp3) is 0.125. The van der Waals surface area contributed by atoms with Crippen molar-refractivity contribution >= 4 is 21.6 Å². The molecule has 0 atom stereocenters. The standard InChI is InChI=1S/C24H23N5O3S/c1-2-29-17-25-28-23(29)19-10-6-12-21(14-19)27-24(30)20-11-7-13-22(15-20)33(31,32)26-16-18-8-4-3-5-9-18/h3-15,17,26H,2,16H2,1H3,(H,27,30). The molecule has 168 valence electrons. The van der Waals surface area contributed by atoms with Crippen LogP contribution in [0, 0.1) is 0 Å². The number of hydrogen-bond donors (Lipinski definition) is 2. The van der Waals surface area contributed by atoms with Crippen molar-refractivity contribution in [1.82, 2.24) is 19.5 Å². The lowest BCUT2D eigenvalue weighted by atomic mass is 10.1. The van der Waals surface area contributed by atoms with Crippen LogP contribution in [-0.2, 0) is 23.1 Å². The molecule has 0 saturated carbocycles. The monoisotopic (exact) mass is 461 g/mol. The maximum atomic E-state index is 12.8. The van der Waals surface area contributed by atoms with Gasteiger partial charge >= 0.3 is 0 Å². The molecule has 0 aliphatic heterocycles. The summed E-state index contributed by atoms with van der Waals surface area (Å²) in [5.41, 5.74) is 2.46. The third kappa shape index (κ3) is 5.33. The number of carbonyl (C=O) groups is 1. The fourth-order valence-electron chi connectivity index (χ4n) is 3.31. The summed E-state index contributed by atoms with van der Waals surface area (Å²) in [7, 11) is -3.78. The minimum Gasteiger partial charge on any atom is -0.322 e. The summed E-state index contributed by atoms with van der Waals surface area (Å²) in [6.45, 7) is 2.88. The molecule has 0 aliphatic rings. The van der Waals surface area contributed by atoms with Crippen molar-refractivity contribution in [3.63, 3.8) is 0 Å². The van der Waals surface area contributed by atoms with Crippen LogP contribution in [0.15, 0.2) is 90.1 Å². The van der Waals surface area contributed by atoms with Crippen molar-refractivity contribution in [2.45, 2.75) is 24.9 Å². The van der Waals surface area contributed by atoms with Gasteiger partial charge in [0.1, 0.15) is 6.33 Å². The minimum atomic E-state index is -3.78. The van der Waals surface area contributed by atoms with Crippen molar-refractivity contribution in [1.29, 1.82) is 0 Å². The molecule has 0 unspecified atom stereocenters. The third-order valence-electron chi connectivity index (χ3n) is 5.05. The molecular weight excluding hydrogens is 438 g/mol. The number of anilines is 1. The van der Waals surface area contributed by atoms with Gasteiger partial charge in [0.05, 0.1) is 4.90 Å². The largest absolute Gasteiger partial charge is 0.322 e. The van der Waals surface area contributed by atoms with Crippen LogP contribution in [0.3, 0.4) is 0 Å². The number of aromatic nitrogens is 3. The van der Waals surface area contributed by atoms with Gasteiger partial charge < -0.3 is 9.88 Å². The van der Waals surface area contributed by atoms with Crippen LogP contribution in [0.4, 0.5) is 5.69 Å². The lowest BCUT2D eigenvalue weighted by Gasteiger charge is -2.10. The maximum absolute atomic E-state index is 12.8.